The molecule has 0 saturated heterocycles. The van der Waals surface area contributed by atoms with E-state index in [1.165, 1.54) is 16.4 Å². The van der Waals surface area contributed by atoms with Crippen LogP contribution in [0.15, 0.2) is 17.0 Å². The Balaban J connectivity index is 2.49. The molecule has 2 N–H and O–H groups in total. The molecular formula is C14H20ClFN2O2S. The van der Waals surface area contributed by atoms with Gasteiger partial charge in [0, 0.05) is 29.7 Å². The van der Waals surface area contributed by atoms with Crippen LogP contribution in [0, 0.1) is 5.82 Å². The van der Waals surface area contributed by atoms with Crippen LogP contribution in [0.4, 0.5) is 4.39 Å². The van der Waals surface area contributed by atoms with Crippen LogP contribution in [0.25, 0.3) is 0 Å². The van der Waals surface area contributed by atoms with Crippen LogP contribution in [0.3, 0.4) is 0 Å². The molecule has 0 spiro atoms. The predicted molar refractivity (Wildman–Crippen MR) is 81.1 cm³/mol. The van der Waals surface area contributed by atoms with E-state index in [4.69, 9.17) is 17.3 Å². The zero-order valence-electron chi connectivity index (χ0n) is 12.0. The maximum absolute atomic E-state index is 14.4. The first-order valence-corrected chi connectivity index (χ1v) is 8.93. The Hall–Kier alpha value is -0.690. The first-order chi connectivity index (χ1) is 9.91. The summed E-state index contributed by atoms with van der Waals surface area (Å²) in [6.07, 6.45) is 3.64. The zero-order valence-corrected chi connectivity index (χ0v) is 13.6. The van der Waals surface area contributed by atoms with E-state index in [2.05, 4.69) is 0 Å². The van der Waals surface area contributed by atoms with Crippen molar-refractivity contribution in [2.24, 2.45) is 5.73 Å². The van der Waals surface area contributed by atoms with E-state index in [1.807, 2.05) is 0 Å². The van der Waals surface area contributed by atoms with Crippen molar-refractivity contribution in [1.29, 1.82) is 0 Å². The van der Waals surface area contributed by atoms with Gasteiger partial charge in [-0.1, -0.05) is 31.4 Å². The smallest absolute Gasteiger partial charge is 0.246 e. The molecule has 1 aliphatic rings. The minimum absolute atomic E-state index is 0.0558. The summed E-state index contributed by atoms with van der Waals surface area (Å²) >= 11 is 5.91. The zero-order chi connectivity index (χ0) is 15.6. The third-order valence-corrected chi connectivity index (χ3v) is 6.17. The minimum Gasteiger partial charge on any atom is -0.326 e. The lowest BCUT2D eigenvalue weighted by Gasteiger charge is -2.27. The summed E-state index contributed by atoms with van der Waals surface area (Å²) in [6.45, 7) is 1.99. The summed E-state index contributed by atoms with van der Waals surface area (Å²) in [5.41, 5.74) is 5.57. The average Bonchev–Trinajstić information content (AvgIpc) is 2.95. The SMILES string of the molecule is CCN(C1CCCC1)S(=O)(=O)c1cc(Cl)cc(CN)c1F. The van der Waals surface area contributed by atoms with E-state index >= 15 is 0 Å². The minimum atomic E-state index is -3.90. The number of sulfonamides is 1. The summed E-state index contributed by atoms with van der Waals surface area (Å²) in [7, 11) is -3.90. The van der Waals surface area contributed by atoms with Crippen LogP contribution in [0.2, 0.25) is 5.02 Å². The normalized spacial score (nSPS) is 16.8. The van der Waals surface area contributed by atoms with E-state index in [0.29, 0.717) is 6.54 Å². The molecule has 0 unspecified atom stereocenters. The molecule has 0 heterocycles. The lowest BCUT2D eigenvalue weighted by molar-refractivity contribution is 0.333. The number of hydrogen-bond donors (Lipinski definition) is 1. The lowest BCUT2D eigenvalue weighted by Crippen LogP contribution is -2.39. The molecular weight excluding hydrogens is 315 g/mol. The number of halogens is 2. The summed E-state index contributed by atoms with van der Waals surface area (Å²) < 4.78 is 41.3. The summed E-state index contributed by atoms with van der Waals surface area (Å²) in [4.78, 5) is -0.371. The van der Waals surface area contributed by atoms with E-state index in [1.54, 1.807) is 6.92 Å². The van der Waals surface area contributed by atoms with Gasteiger partial charge < -0.3 is 5.73 Å². The van der Waals surface area contributed by atoms with Crippen LogP contribution >= 0.6 is 11.6 Å². The molecule has 1 aliphatic carbocycles. The summed E-state index contributed by atoms with van der Waals surface area (Å²) in [6, 6.07) is 2.48. The second-order valence-corrected chi connectivity index (χ2v) is 7.52. The van der Waals surface area contributed by atoms with Gasteiger partial charge in [0.15, 0.2) is 0 Å². The fraction of sp³-hybridized carbons (Fsp3) is 0.571. The summed E-state index contributed by atoms with van der Waals surface area (Å²) in [5, 5.41) is 0.179. The molecule has 0 radical (unpaired) electrons. The predicted octanol–water partition coefficient (Wildman–Crippen LogP) is 2.89. The Morgan fingerprint density at radius 1 is 1.38 bits per heavy atom. The van der Waals surface area contributed by atoms with E-state index in [9.17, 15) is 12.8 Å². The van der Waals surface area contributed by atoms with Crippen molar-refractivity contribution in [2.75, 3.05) is 6.54 Å². The fourth-order valence-electron chi connectivity index (χ4n) is 2.90. The second-order valence-electron chi connectivity index (χ2n) is 5.23. The first-order valence-electron chi connectivity index (χ1n) is 7.11. The van der Waals surface area contributed by atoms with Crippen LogP contribution in [-0.2, 0) is 16.6 Å². The molecule has 2 rings (SSSR count). The van der Waals surface area contributed by atoms with Gasteiger partial charge in [0.05, 0.1) is 0 Å². The van der Waals surface area contributed by atoms with Crippen molar-refractivity contribution in [3.05, 3.63) is 28.5 Å². The van der Waals surface area contributed by atoms with Crippen LogP contribution < -0.4 is 5.73 Å². The van der Waals surface area contributed by atoms with Crippen LogP contribution in [0.5, 0.6) is 0 Å². The highest BCUT2D eigenvalue weighted by Crippen LogP contribution is 2.31. The monoisotopic (exact) mass is 334 g/mol. The number of benzene rings is 1. The van der Waals surface area contributed by atoms with E-state index in [-0.39, 0.29) is 28.1 Å². The quantitative estimate of drug-likeness (QED) is 0.900. The van der Waals surface area contributed by atoms with Crippen molar-refractivity contribution in [2.45, 2.75) is 50.1 Å². The standard InChI is InChI=1S/C14H20ClFN2O2S/c1-2-18(12-5-3-4-6-12)21(19,20)13-8-11(15)7-10(9-17)14(13)16/h7-8,12H,2-6,9,17H2,1H3. The molecule has 1 aromatic rings. The van der Waals surface area contributed by atoms with Gasteiger partial charge in [-0.2, -0.15) is 4.31 Å². The second kappa shape index (κ2) is 6.60. The van der Waals surface area contributed by atoms with Crippen molar-refractivity contribution < 1.29 is 12.8 Å². The third-order valence-electron chi connectivity index (χ3n) is 3.93. The van der Waals surface area contributed by atoms with Gasteiger partial charge in [-0.05, 0) is 25.0 Å². The van der Waals surface area contributed by atoms with Crippen molar-refractivity contribution in [1.82, 2.24) is 4.31 Å². The third kappa shape index (κ3) is 3.23. The van der Waals surface area contributed by atoms with Crippen LogP contribution in [0.1, 0.15) is 38.2 Å². The van der Waals surface area contributed by atoms with Crippen LogP contribution in [-0.4, -0.2) is 25.3 Å². The molecule has 7 heteroatoms. The highest BCUT2D eigenvalue weighted by atomic mass is 35.5. The number of nitrogens with two attached hydrogens (primary N) is 1. The Bertz CT molecular complexity index is 616. The van der Waals surface area contributed by atoms with Gasteiger partial charge in [-0.3, -0.25) is 0 Å². The maximum atomic E-state index is 14.4. The van der Waals surface area contributed by atoms with Crippen molar-refractivity contribution in [3.8, 4) is 0 Å². The molecule has 1 aromatic carbocycles. The van der Waals surface area contributed by atoms with Gasteiger partial charge in [-0.15, -0.1) is 0 Å². The molecule has 21 heavy (non-hydrogen) atoms. The topological polar surface area (TPSA) is 63.4 Å². The van der Waals surface area contributed by atoms with E-state index in [0.717, 1.165) is 25.7 Å². The molecule has 1 saturated carbocycles. The molecule has 0 aromatic heterocycles. The summed E-state index contributed by atoms with van der Waals surface area (Å²) in [5.74, 6) is -0.793. The lowest BCUT2D eigenvalue weighted by atomic mass is 10.2. The first kappa shape index (κ1) is 16.7. The fourth-order valence-corrected chi connectivity index (χ4v) is 5.03. The average molecular weight is 335 g/mol. The molecule has 1 fully saturated rings. The Labute approximate surface area is 130 Å². The molecule has 0 amide bonds. The van der Waals surface area contributed by atoms with Gasteiger partial charge in [0.25, 0.3) is 0 Å². The highest BCUT2D eigenvalue weighted by Gasteiger charge is 2.34. The van der Waals surface area contributed by atoms with Crippen molar-refractivity contribution >= 4 is 21.6 Å². The molecule has 0 atom stereocenters. The van der Waals surface area contributed by atoms with Gasteiger partial charge >= 0.3 is 0 Å². The van der Waals surface area contributed by atoms with Crippen molar-refractivity contribution in [3.63, 3.8) is 0 Å². The number of hydrogen-bond acceptors (Lipinski definition) is 3. The van der Waals surface area contributed by atoms with Gasteiger partial charge in [-0.25, -0.2) is 12.8 Å². The van der Waals surface area contributed by atoms with E-state index < -0.39 is 15.8 Å². The maximum Gasteiger partial charge on any atom is 0.246 e. The Morgan fingerprint density at radius 2 is 2.00 bits per heavy atom. The number of nitrogens with zero attached hydrogens (tertiary/aromatic N) is 1. The highest BCUT2D eigenvalue weighted by molar-refractivity contribution is 7.89. The molecule has 118 valence electrons. The largest absolute Gasteiger partial charge is 0.326 e. The van der Waals surface area contributed by atoms with Gasteiger partial charge in [0.1, 0.15) is 10.7 Å². The Kier molecular flexibility index (Phi) is 5.24. The van der Waals surface area contributed by atoms with Gasteiger partial charge in [0.2, 0.25) is 10.0 Å². The Morgan fingerprint density at radius 3 is 2.52 bits per heavy atom. The molecule has 0 aliphatic heterocycles. The molecule has 0 bridgehead atoms. The molecule has 4 nitrogen and oxygen atoms in total. The number of rotatable bonds is 5.